The molecule has 0 aliphatic heterocycles. The Bertz CT molecular complexity index is 632. The molecule has 0 unspecified atom stereocenters. The Labute approximate surface area is 137 Å². The molecule has 1 aromatic carbocycles. The molecule has 5 heteroatoms. The van der Waals surface area contributed by atoms with Crippen LogP contribution in [0.3, 0.4) is 0 Å². The van der Waals surface area contributed by atoms with Crippen LogP contribution in [0.5, 0.6) is 5.75 Å². The van der Waals surface area contributed by atoms with E-state index in [0.717, 1.165) is 23.4 Å². The van der Waals surface area contributed by atoms with Gasteiger partial charge in [0, 0.05) is 26.7 Å². The van der Waals surface area contributed by atoms with Crippen molar-refractivity contribution in [3.8, 4) is 5.75 Å². The standard InChI is InChI=1S/C18H25N3O2/c1-14(2)23-17-8-5-15(6-9-17)7-10-18(22)20(3)12-16-11-19-13-21(16)4/h5-6,8-9,11,13-14H,7,10,12H2,1-4H3. The second-order valence-corrected chi connectivity index (χ2v) is 6.06. The first-order valence-electron chi connectivity index (χ1n) is 7.90. The number of hydrogen-bond acceptors (Lipinski definition) is 3. The Morgan fingerprint density at radius 2 is 2.00 bits per heavy atom. The van der Waals surface area contributed by atoms with E-state index < -0.39 is 0 Å². The molecule has 2 aromatic rings. The fourth-order valence-electron chi connectivity index (χ4n) is 2.32. The second kappa shape index (κ2) is 7.81. The number of rotatable bonds is 7. The van der Waals surface area contributed by atoms with Crippen LogP contribution >= 0.6 is 0 Å². The monoisotopic (exact) mass is 315 g/mol. The average Bonchev–Trinajstić information content (AvgIpc) is 2.91. The van der Waals surface area contributed by atoms with E-state index in [0.29, 0.717) is 13.0 Å². The normalized spacial score (nSPS) is 10.8. The molecule has 124 valence electrons. The molecule has 5 nitrogen and oxygen atoms in total. The van der Waals surface area contributed by atoms with E-state index in [-0.39, 0.29) is 12.0 Å². The van der Waals surface area contributed by atoms with E-state index in [1.54, 1.807) is 17.4 Å². The van der Waals surface area contributed by atoms with Gasteiger partial charge in [0.2, 0.25) is 5.91 Å². The molecule has 1 amide bonds. The molecule has 0 saturated carbocycles. The van der Waals surface area contributed by atoms with Crippen molar-refractivity contribution < 1.29 is 9.53 Å². The summed E-state index contributed by atoms with van der Waals surface area (Å²) in [5.74, 6) is 0.997. The Morgan fingerprint density at radius 3 is 2.57 bits per heavy atom. The van der Waals surface area contributed by atoms with Crippen molar-refractivity contribution in [2.45, 2.75) is 39.3 Å². The summed E-state index contributed by atoms with van der Waals surface area (Å²) in [6.45, 7) is 4.59. The average molecular weight is 315 g/mol. The number of aromatic nitrogens is 2. The van der Waals surface area contributed by atoms with Gasteiger partial charge in [-0.25, -0.2) is 4.98 Å². The summed E-state index contributed by atoms with van der Waals surface area (Å²) in [5, 5.41) is 0. The SMILES string of the molecule is CC(C)Oc1ccc(CCC(=O)N(C)Cc2cncn2C)cc1. The highest BCUT2D eigenvalue weighted by Gasteiger charge is 2.11. The second-order valence-electron chi connectivity index (χ2n) is 6.06. The third kappa shape index (κ3) is 5.13. The van der Waals surface area contributed by atoms with Crippen LogP contribution in [0.4, 0.5) is 0 Å². The van der Waals surface area contributed by atoms with Gasteiger partial charge in [0.25, 0.3) is 0 Å². The lowest BCUT2D eigenvalue weighted by molar-refractivity contribution is -0.130. The first-order valence-corrected chi connectivity index (χ1v) is 7.90. The minimum atomic E-state index is 0.133. The third-order valence-electron chi connectivity index (χ3n) is 3.66. The smallest absolute Gasteiger partial charge is 0.222 e. The molecular formula is C18H25N3O2. The van der Waals surface area contributed by atoms with E-state index in [2.05, 4.69) is 4.98 Å². The van der Waals surface area contributed by atoms with Gasteiger partial charge < -0.3 is 14.2 Å². The fraction of sp³-hybridized carbons (Fsp3) is 0.444. The van der Waals surface area contributed by atoms with Crippen LogP contribution in [0.15, 0.2) is 36.8 Å². The van der Waals surface area contributed by atoms with Crippen LogP contribution in [0.2, 0.25) is 0 Å². The zero-order chi connectivity index (χ0) is 16.8. The van der Waals surface area contributed by atoms with Crippen LogP contribution in [-0.2, 0) is 24.8 Å². The molecule has 0 bridgehead atoms. The van der Waals surface area contributed by atoms with Crippen LogP contribution in [-0.4, -0.2) is 33.5 Å². The van der Waals surface area contributed by atoms with E-state index >= 15 is 0 Å². The summed E-state index contributed by atoms with van der Waals surface area (Å²) in [4.78, 5) is 18.1. The summed E-state index contributed by atoms with van der Waals surface area (Å²) >= 11 is 0. The summed E-state index contributed by atoms with van der Waals surface area (Å²) < 4.78 is 7.55. The van der Waals surface area contributed by atoms with Crippen molar-refractivity contribution in [2.75, 3.05) is 7.05 Å². The molecular weight excluding hydrogens is 290 g/mol. The maximum Gasteiger partial charge on any atom is 0.222 e. The number of aryl methyl sites for hydroxylation is 2. The molecule has 0 aliphatic carbocycles. The fourth-order valence-corrected chi connectivity index (χ4v) is 2.32. The topological polar surface area (TPSA) is 47.4 Å². The molecule has 0 spiro atoms. The van der Waals surface area contributed by atoms with Crippen molar-refractivity contribution in [3.05, 3.63) is 48.0 Å². The highest BCUT2D eigenvalue weighted by molar-refractivity contribution is 5.76. The molecule has 0 radical (unpaired) electrons. The Kier molecular flexibility index (Phi) is 5.79. The lowest BCUT2D eigenvalue weighted by atomic mass is 10.1. The van der Waals surface area contributed by atoms with E-state index in [1.165, 1.54) is 0 Å². The number of hydrogen-bond donors (Lipinski definition) is 0. The predicted octanol–water partition coefficient (Wildman–Crippen LogP) is 2.80. The lowest BCUT2D eigenvalue weighted by Crippen LogP contribution is -2.27. The van der Waals surface area contributed by atoms with Gasteiger partial charge in [-0.2, -0.15) is 0 Å². The number of ether oxygens (including phenoxy) is 1. The van der Waals surface area contributed by atoms with Crippen molar-refractivity contribution in [1.29, 1.82) is 0 Å². The number of carbonyl (C=O) groups excluding carboxylic acids is 1. The first kappa shape index (κ1) is 17.1. The molecule has 0 saturated heterocycles. The van der Waals surface area contributed by atoms with Gasteiger partial charge >= 0.3 is 0 Å². The molecule has 0 aliphatic rings. The van der Waals surface area contributed by atoms with Crippen LogP contribution in [0.1, 0.15) is 31.5 Å². The number of carbonyl (C=O) groups is 1. The number of benzene rings is 1. The highest BCUT2D eigenvalue weighted by atomic mass is 16.5. The van der Waals surface area contributed by atoms with Gasteiger partial charge in [0.05, 0.1) is 24.7 Å². The Morgan fingerprint density at radius 1 is 1.30 bits per heavy atom. The van der Waals surface area contributed by atoms with Crippen LogP contribution in [0.25, 0.3) is 0 Å². The number of imidazole rings is 1. The molecule has 0 atom stereocenters. The van der Waals surface area contributed by atoms with E-state index in [1.807, 2.05) is 56.8 Å². The number of nitrogens with zero attached hydrogens (tertiary/aromatic N) is 3. The van der Waals surface area contributed by atoms with Gasteiger partial charge in [-0.1, -0.05) is 12.1 Å². The van der Waals surface area contributed by atoms with Crippen molar-refractivity contribution in [3.63, 3.8) is 0 Å². The summed E-state index contributed by atoms with van der Waals surface area (Å²) in [6, 6.07) is 7.95. The quantitative estimate of drug-likeness (QED) is 0.789. The van der Waals surface area contributed by atoms with Crippen LogP contribution in [0, 0.1) is 0 Å². The molecule has 1 heterocycles. The van der Waals surface area contributed by atoms with Gasteiger partial charge in [-0.3, -0.25) is 4.79 Å². The van der Waals surface area contributed by atoms with Crippen molar-refractivity contribution >= 4 is 5.91 Å². The third-order valence-corrected chi connectivity index (χ3v) is 3.66. The summed E-state index contributed by atoms with van der Waals surface area (Å²) in [7, 11) is 3.76. The van der Waals surface area contributed by atoms with Crippen molar-refractivity contribution in [1.82, 2.24) is 14.5 Å². The van der Waals surface area contributed by atoms with Gasteiger partial charge in [0.1, 0.15) is 5.75 Å². The number of amides is 1. The highest BCUT2D eigenvalue weighted by Crippen LogP contribution is 2.15. The Balaban J connectivity index is 1.82. The zero-order valence-electron chi connectivity index (χ0n) is 14.3. The largest absolute Gasteiger partial charge is 0.491 e. The van der Waals surface area contributed by atoms with E-state index in [4.69, 9.17) is 4.74 Å². The van der Waals surface area contributed by atoms with Gasteiger partial charge in [0.15, 0.2) is 0 Å². The van der Waals surface area contributed by atoms with Crippen molar-refractivity contribution in [2.24, 2.45) is 7.05 Å². The maximum absolute atomic E-state index is 12.2. The van der Waals surface area contributed by atoms with Crippen LogP contribution < -0.4 is 4.74 Å². The predicted molar refractivity (Wildman–Crippen MR) is 90.2 cm³/mol. The first-order chi connectivity index (χ1) is 11.0. The molecule has 2 rings (SSSR count). The van der Waals surface area contributed by atoms with Gasteiger partial charge in [-0.05, 0) is 38.0 Å². The lowest BCUT2D eigenvalue weighted by Gasteiger charge is -2.17. The molecule has 1 aromatic heterocycles. The molecule has 0 N–H and O–H groups in total. The minimum Gasteiger partial charge on any atom is -0.491 e. The summed E-state index contributed by atoms with van der Waals surface area (Å²) in [6.07, 6.45) is 4.93. The molecule has 23 heavy (non-hydrogen) atoms. The van der Waals surface area contributed by atoms with Gasteiger partial charge in [-0.15, -0.1) is 0 Å². The maximum atomic E-state index is 12.2. The molecule has 0 fully saturated rings. The van der Waals surface area contributed by atoms with E-state index in [9.17, 15) is 4.79 Å². The summed E-state index contributed by atoms with van der Waals surface area (Å²) in [5.41, 5.74) is 2.17. The minimum absolute atomic E-state index is 0.133. The Hall–Kier alpha value is -2.30. The zero-order valence-corrected chi connectivity index (χ0v) is 14.3.